The summed E-state index contributed by atoms with van der Waals surface area (Å²) in [6.07, 6.45) is 0.500. The van der Waals surface area contributed by atoms with Crippen LogP contribution >= 0.6 is 0 Å². The summed E-state index contributed by atoms with van der Waals surface area (Å²) in [5, 5.41) is 53.5. The number of hydrogen-bond acceptors (Lipinski definition) is 13. The third-order valence-corrected chi connectivity index (χ3v) is 9.79. The first-order chi connectivity index (χ1) is 31.1. The molecule has 0 heterocycles. The number of amides is 7. The Balaban J connectivity index is 2.27. The van der Waals surface area contributed by atoms with E-state index in [-0.39, 0.29) is 87.3 Å². The molecule has 0 aliphatic rings. The summed E-state index contributed by atoms with van der Waals surface area (Å²) < 4.78 is 0. The van der Waals surface area contributed by atoms with E-state index < -0.39 is 89.6 Å². The highest BCUT2D eigenvalue weighted by molar-refractivity contribution is 5.96. The summed E-state index contributed by atoms with van der Waals surface area (Å²) in [7, 11) is 1.29. The van der Waals surface area contributed by atoms with Gasteiger partial charge in [-0.1, -0.05) is 38.1 Å². The van der Waals surface area contributed by atoms with Gasteiger partial charge in [0.15, 0.2) is 11.9 Å². The molecule has 2 rings (SSSR count). The van der Waals surface area contributed by atoms with Crippen molar-refractivity contribution in [2.75, 3.05) is 33.2 Å². The van der Waals surface area contributed by atoms with Crippen molar-refractivity contribution in [3.8, 4) is 5.75 Å². The van der Waals surface area contributed by atoms with Crippen molar-refractivity contribution in [1.29, 1.82) is 10.8 Å². The van der Waals surface area contributed by atoms with E-state index in [0.717, 1.165) is 4.90 Å². The Kier molecular flexibility index (Phi) is 22.8. The lowest BCUT2D eigenvalue weighted by Crippen LogP contribution is -2.59. The topological polar surface area (TPSA) is 422 Å². The summed E-state index contributed by atoms with van der Waals surface area (Å²) in [6.45, 7) is 2.81. The highest BCUT2D eigenvalue weighted by Crippen LogP contribution is 2.15. The zero-order valence-electron chi connectivity index (χ0n) is 37.2. The number of primary amides is 1. The van der Waals surface area contributed by atoms with Crippen LogP contribution in [0.15, 0.2) is 48.5 Å². The molecule has 0 saturated carbocycles. The molecule has 0 aromatic heterocycles. The van der Waals surface area contributed by atoms with Gasteiger partial charge in [-0.2, -0.15) is 0 Å². The lowest BCUT2D eigenvalue weighted by molar-refractivity contribution is -0.384. The van der Waals surface area contributed by atoms with Crippen molar-refractivity contribution in [2.24, 2.45) is 28.9 Å². The quantitative estimate of drug-likeness (QED) is 0.0133. The molecule has 0 unspecified atom stereocenters. The molecule has 5 atom stereocenters. The molecule has 18 N–H and O–H groups in total. The van der Waals surface area contributed by atoms with Crippen LogP contribution in [0, 0.1) is 26.9 Å². The number of guanidine groups is 2. The van der Waals surface area contributed by atoms with Crippen LogP contribution < -0.4 is 60.2 Å². The van der Waals surface area contributed by atoms with Gasteiger partial charge in [0, 0.05) is 38.7 Å². The monoisotopic (exact) mass is 925 g/mol. The number of phenols is 1. The molecule has 362 valence electrons. The number of nitro groups is 1. The maximum absolute atomic E-state index is 14.1. The maximum atomic E-state index is 14.1. The van der Waals surface area contributed by atoms with E-state index >= 15 is 0 Å². The van der Waals surface area contributed by atoms with Crippen molar-refractivity contribution >= 4 is 59.0 Å². The van der Waals surface area contributed by atoms with Crippen molar-refractivity contribution in [1.82, 2.24) is 42.1 Å². The molecule has 2 aromatic carbocycles. The molecule has 0 bridgehead atoms. The standard InChI is InChI=1S/C41H63N15O10/c1-23(2)18-31(38(63)53-30(7-5-17-49-41(46)47)37(62)52-29(35(43)60)6-4-16-48-40(44)45)54-39(64)32(20-25-8-12-26(13-9-25)56(65)66)51-33(58)22-55(3)34(59)21-50-36(61)28(42)19-24-10-14-27(57)15-11-24/h8-15,23,28-32,57H,4-7,16-22,42H2,1-3H3,(H2,43,60)(H,50,61)(H,51,58)(H,52,62)(H,53,63)(H,54,64)(H4,44,45,48)(H4,46,47,49)/t28-,29+,30-,31-,32-/m0/s1. The van der Waals surface area contributed by atoms with Gasteiger partial charge in [-0.3, -0.25) is 54.5 Å². The second-order valence-corrected chi connectivity index (χ2v) is 15.9. The molecule has 0 spiro atoms. The number of carbonyl (C=O) groups is 7. The predicted molar refractivity (Wildman–Crippen MR) is 242 cm³/mol. The van der Waals surface area contributed by atoms with E-state index in [1.807, 2.05) is 0 Å². The van der Waals surface area contributed by atoms with Gasteiger partial charge in [-0.15, -0.1) is 0 Å². The Morgan fingerprint density at radius 3 is 1.71 bits per heavy atom. The lowest BCUT2D eigenvalue weighted by Gasteiger charge is -2.27. The minimum Gasteiger partial charge on any atom is -0.508 e. The average molecular weight is 926 g/mol. The van der Waals surface area contributed by atoms with Gasteiger partial charge in [0.25, 0.3) is 5.69 Å². The van der Waals surface area contributed by atoms with E-state index in [0.29, 0.717) is 11.1 Å². The van der Waals surface area contributed by atoms with Gasteiger partial charge in [-0.25, -0.2) is 0 Å². The number of nitro benzene ring substituents is 1. The second kappa shape index (κ2) is 27.6. The summed E-state index contributed by atoms with van der Waals surface area (Å²) in [6, 6.07) is 5.09. The number of hydrogen-bond donors (Lipinski definition) is 14. The first kappa shape index (κ1) is 54.6. The van der Waals surface area contributed by atoms with E-state index in [9.17, 15) is 48.8 Å². The Bertz CT molecular complexity index is 2020. The van der Waals surface area contributed by atoms with Crippen LogP contribution in [-0.2, 0) is 46.4 Å². The number of phenolic OH excluding ortho intramolecular Hbond substituents is 1. The average Bonchev–Trinajstić information content (AvgIpc) is 3.24. The number of benzene rings is 2. The summed E-state index contributed by atoms with van der Waals surface area (Å²) in [5.74, 6) is -6.20. The maximum Gasteiger partial charge on any atom is 0.269 e. The van der Waals surface area contributed by atoms with Crippen molar-refractivity contribution in [2.45, 2.75) is 89.0 Å². The third-order valence-electron chi connectivity index (χ3n) is 9.79. The van der Waals surface area contributed by atoms with Crippen LogP contribution in [0.5, 0.6) is 5.75 Å². The van der Waals surface area contributed by atoms with Crippen molar-refractivity contribution in [3.05, 3.63) is 69.8 Å². The predicted octanol–water partition coefficient (Wildman–Crippen LogP) is -3.02. The van der Waals surface area contributed by atoms with Crippen LogP contribution in [0.3, 0.4) is 0 Å². The number of nitrogens with zero attached hydrogens (tertiary/aromatic N) is 2. The number of non-ortho nitro benzene ring substituents is 1. The molecule has 2 aromatic rings. The van der Waals surface area contributed by atoms with E-state index in [2.05, 4.69) is 37.2 Å². The number of nitrogens with one attached hydrogen (secondary N) is 9. The SMILES string of the molecule is CC(C)C[C@H](NC(=O)[C@H](Cc1ccc([N+](=O)[O-])cc1)NC(=O)CN(C)C(=O)CNC(=O)[C@@H](N)Cc1ccc(O)cc1)C(=O)N[C@@H](CCCNC(=N)N)C(=O)N[C@H](CCCNC(=N)N)C(N)=O. The minimum atomic E-state index is -1.41. The van der Waals surface area contributed by atoms with Crippen molar-refractivity contribution < 1.29 is 43.6 Å². The van der Waals surface area contributed by atoms with Crippen molar-refractivity contribution in [3.63, 3.8) is 0 Å². The van der Waals surface area contributed by atoms with Crippen LogP contribution in [0.1, 0.15) is 57.1 Å². The Morgan fingerprint density at radius 1 is 0.697 bits per heavy atom. The smallest absolute Gasteiger partial charge is 0.269 e. The van der Waals surface area contributed by atoms with Crippen LogP contribution in [0.4, 0.5) is 5.69 Å². The molecular formula is C41H63N15O10. The Labute approximate surface area is 381 Å². The number of rotatable bonds is 28. The van der Waals surface area contributed by atoms with Crippen LogP contribution in [0.25, 0.3) is 0 Å². The highest BCUT2D eigenvalue weighted by Gasteiger charge is 2.32. The zero-order chi connectivity index (χ0) is 49.5. The fraction of sp³-hybridized carbons (Fsp3) is 0.488. The number of likely N-dealkylation sites (N-methyl/N-ethyl adjacent to an activating group) is 1. The molecule has 0 aliphatic heterocycles. The zero-order valence-corrected chi connectivity index (χ0v) is 37.2. The molecule has 25 heteroatoms. The summed E-state index contributed by atoms with van der Waals surface area (Å²) in [4.78, 5) is 105. The molecule has 25 nitrogen and oxygen atoms in total. The second-order valence-electron chi connectivity index (χ2n) is 15.9. The van der Waals surface area contributed by atoms with Gasteiger partial charge in [-0.05, 0) is 67.7 Å². The molecule has 7 amide bonds. The molecule has 0 fully saturated rings. The van der Waals surface area contributed by atoms with Gasteiger partial charge >= 0.3 is 0 Å². The Hall–Kier alpha value is -7.57. The van der Waals surface area contributed by atoms with Crippen LogP contribution in [0.2, 0.25) is 0 Å². The molecular weight excluding hydrogens is 863 g/mol. The first-order valence-electron chi connectivity index (χ1n) is 21.0. The summed E-state index contributed by atoms with van der Waals surface area (Å²) in [5.41, 5.74) is 23.1. The lowest BCUT2D eigenvalue weighted by atomic mass is 10.00. The first-order valence-corrected chi connectivity index (χ1v) is 21.0. The summed E-state index contributed by atoms with van der Waals surface area (Å²) >= 11 is 0. The van der Waals surface area contributed by atoms with Gasteiger partial charge in [0.1, 0.15) is 29.9 Å². The van der Waals surface area contributed by atoms with E-state index in [4.69, 9.17) is 33.8 Å². The fourth-order valence-corrected chi connectivity index (χ4v) is 6.28. The Morgan fingerprint density at radius 2 is 1.18 bits per heavy atom. The minimum absolute atomic E-state index is 0.0150. The van der Waals surface area contributed by atoms with Gasteiger partial charge in [0.2, 0.25) is 41.4 Å². The number of aromatic hydroxyl groups is 1. The molecule has 0 aliphatic carbocycles. The van der Waals surface area contributed by atoms with Gasteiger partial charge in [0.05, 0.1) is 24.1 Å². The molecule has 0 radical (unpaired) electrons. The molecule has 0 saturated heterocycles. The number of carbonyl (C=O) groups excluding carboxylic acids is 7. The van der Waals surface area contributed by atoms with Crippen LogP contribution in [-0.4, -0.2) is 132 Å². The number of nitrogens with two attached hydrogens (primary N) is 4. The van der Waals surface area contributed by atoms with E-state index in [1.54, 1.807) is 26.0 Å². The van der Waals surface area contributed by atoms with Gasteiger partial charge < -0.3 is 70.2 Å². The van der Waals surface area contributed by atoms with E-state index in [1.165, 1.54) is 43.4 Å². The third kappa shape index (κ3) is 20.7. The largest absolute Gasteiger partial charge is 0.508 e. The molecule has 66 heavy (non-hydrogen) atoms. The fourth-order valence-electron chi connectivity index (χ4n) is 6.28. The highest BCUT2D eigenvalue weighted by atomic mass is 16.6. The normalized spacial score (nSPS) is 13.0.